The fourth-order valence-electron chi connectivity index (χ4n) is 2.54. The van der Waals surface area contributed by atoms with Gasteiger partial charge in [0, 0.05) is 13.1 Å². The monoisotopic (exact) mass is 303 g/mol. The Bertz CT molecular complexity index is 419. The molecular formula is C13H26BNO4S. The highest BCUT2D eigenvalue weighted by Gasteiger charge is 2.50. The molecule has 0 aromatic carbocycles. The summed E-state index contributed by atoms with van der Waals surface area (Å²) >= 11 is 0. The van der Waals surface area contributed by atoms with Crippen LogP contribution >= 0.6 is 0 Å². The topological polar surface area (TPSA) is 55.8 Å². The van der Waals surface area contributed by atoms with Gasteiger partial charge in [-0.2, -0.15) is 0 Å². The van der Waals surface area contributed by atoms with E-state index in [4.69, 9.17) is 9.31 Å². The van der Waals surface area contributed by atoms with Crippen molar-refractivity contribution in [2.24, 2.45) is 0 Å². The van der Waals surface area contributed by atoms with Crippen molar-refractivity contribution in [1.29, 1.82) is 0 Å². The molecule has 0 aromatic heterocycles. The van der Waals surface area contributed by atoms with E-state index in [1.807, 2.05) is 0 Å². The molecule has 2 saturated heterocycles. The average Bonchev–Trinajstić information content (AvgIpc) is 2.50. The minimum Gasteiger partial charge on any atom is -0.403 e. The molecule has 0 unspecified atom stereocenters. The second-order valence-electron chi connectivity index (χ2n) is 6.82. The average molecular weight is 303 g/mol. The Kier molecular flexibility index (Phi) is 4.55. The first-order chi connectivity index (χ1) is 9.11. The van der Waals surface area contributed by atoms with E-state index < -0.39 is 9.84 Å². The quantitative estimate of drug-likeness (QED) is 0.731. The zero-order chi connectivity index (χ0) is 15.0. The van der Waals surface area contributed by atoms with Crippen LogP contribution in [0.5, 0.6) is 0 Å². The van der Waals surface area contributed by atoms with Crippen molar-refractivity contribution in [2.45, 2.75) is 51.6 Å². The molecule has 0 spiro atoms. The highest BCUT2D eigenvalue weighted by Crippen LogP contribution is 2.37. The highest BCUT2D eigenvalue weighted by molar-refractivity contribution is 7.91. The summed E-state index contributed by atoms with van der Waals surface area (Å²) in [5.74, 6) is 0.590. The van der Waals surface area contributed by atoms with Gasteiger partial charge in [0.05, 0.1) is 22.7 Å². The van der Waals surface area contributed by atoms with E-state index in [9.17, 15) is 8.42 Å². The lowest BCUT2D eigenvalue weighted by atomic mass is 9.83. The predicted molar refractivity (Wildman–Crippen MR) is 80.6 cm³/mol. The van der Waals surface area contributed by atoms with Gasteiger partial charge in [-0.05, 0) is 47.0 Å². The van der Waals surface area contributed by atoms with E-state index in [0.717, 1.165) is 19.3 Å². The first kappa shape index (κ1) is 16.3. The van der Waals surface area contributed by atoms with Gasteiger partial charge in [0.1, 0.15) is 0 Å². The van der Waals surface area contributed by atoms with Gasteiger partial charge in [-0.1, -0.05) is 0 Å². The van der Waals surface area contributed by atoms with Gasteiger partial charge in [-0.3, -0.25) is 0 Å². The molecule has 2 rings (SSSR count). The van der Waals surface area contributed by atoms with Crippen molar-refractivity contribution in [3.05, 3.63) is 0 Å². The van der Waals surface area contributed by atoms with Crippen LogP contribution in [0.15, 0.2) is 0 Å². The lowest BCUT2D eigenvalue weighted by Crippen LogP contribution is -2.41. The molecule has 0 atom stereocenters. The number of rotatable bonds is 4. The molecule has 0 aliphatic carbocycles. The molecule has 2 aliphatic heterocycles. The molecule has 0 saturated carbocycles. The third-order valence-corrected chi connectivity index (χ3v) is 6.26. The van der Waals surface area contributed by atoms with Crippen LogP contribution in [-0.4, -0.2) is 62.8 Å². The number of hydrogen-bond acceptors (Lipinski definition) is 5. The third kappa shape index (κ3) is 3.75. The SMILES string of the molecule is CC1(C)OB(CCCN2CCS(=O)(=O)CC2)OC1(C)C. The summed E-state index contributed by atoms with van der Waals surface area (Å²) in [4.78, 5) is 2.21. The minimum absolute atomic E-state index is 0.145. The molecule has 2 heterocycles. The molecule has 5 nitrogen and oxygen atoms in total. The second kappa shape index (κ2) is 5.59. The van der Waals surface area contributed by atoms with Crippen molar-refractivity contribution >= 4 is 17.0 Å². The molecule has 2 fully saturated rings. The zero-order valence-electron chi connectivity index (χ0n) is 13.0. The van der Waals surface area contributed by atoms with Gasteiger partial charge in [-0.25, -0.2) is 8.42 Å². The summed E-state index contributed by atoms with van der Waals surface area (Å²) in [5, 5.41) is 0. The van der Waals surface area contributed by atoms with Gasteiger partial charge in [0.2, 0.25) is 0 Å². The van der Waals surface area contributed by atoms with E-state index >= 15 is 0 Å². The maximum Gasteiger partial charge on any atom is 0.457 e. The van der Waals surface area contributed by atoms with Crippen LogP contribution in [0.3, 0.4) is 0 Å². The van der Waals surface area contributed by atoms with Crippen LogP contribution in [0.4, 0.5) is 0 Å². The number of hydrogen-bond donors (Lipinski definition) is 0. The Hall–Kier alpha value is -0.105. The first-order valence-electron chi connectivity index (χ1n) is 7.40. The van der Waals surface area contributed by atoms with Crippen LogP contribution in [0, 0.1) is 0 Å². The largest absolute Gasteiger partial charge is 0.457 e. The lowest BCUT2D eigenvalue weighted by molar-refractivity contribution is 0.00578. The van der Waals surface area contributed by atoms with Gasteiger partial charge in [0.25, 0.3) is 0 Å². The number of sulfone groups is 1. The molecule has 0 amide bonds. The fraction of sp³-hybridized carbons (Fsp3) is 1.00. The molecule has 0 N–H and O–H groups in total. The van der Waals surface area contributed by atoms with Crippen molar-refractivity contribution < 1.29 is 17.7 Å². The minimum atomic E-state index is -2.78. The highest BCUT2D eigenvalue weighted by atomic mass is 32.2. The van der Waals surface area contributed by atoms with Gasteiger partial charge in [-0.15, -0.1) is 0 Å². The Morgan fingerprint density at radius 1 is 1.05 bits per heavy atom. The van der Waals surface area contributed by atoms with Crippen LogP contribution < -0.4 is 0 Å². The van der Waals surface area contributed by atoms with Gasteiger partial charge >= 0.3 is 7.12 Å². The number of nitrogens with zero attached hydrogens (tertiary/aromatic N) is 1. The molecule has 7 heteroatoms. The normalized spacial score (nSPS) is 28.7. The maximum absolute atomic E-state index is 11.4. The third-order valence-electron chi connectivity index (χ3n) is 4.65. The maximum atomic E-state index is 11.4. The Morgan fingerprint density at radius 2 is 1.55 bits per heavy atom. The summed E-state index contributed by atoms with van der Waals surface area (Å²) in [7, 11) is -2.92. The van der Waals surface area contributed by atoms with Crippen molar-refractivity contribution in [3.63, 3.8) is 0 Å². The summed E-state index contributed by atoms with van der Waals surface area (Å²) in [6.07, 6.45) is 1.83. The molecule has 2 aliphatic rings. The first-order valence-corrected chi connectivity index (χ1v) is 9.22. The Morgan fingerprint density at radius 3 is 2.05 bits per heavy atom. The second-order valence-corrected chi connectivity index (χ2v) is 9.13. The smallest absolute Gasteiger partial charge is 0.403 e. The van der Waals surface area contributed by atoms with Crippen LogP contribution in [0.25, 0.3) is 0 Å². The van der Waals surface area contributed by atoms with E-state index in [-0.39, 0.29) is 18.3 Å². The Balaban J connectivity index is 1.70. The van der Waals surface area contributed by atoms with Crippen LogP contribution in [0.2, 0.25) is 6.32 Å². The Labute approximate surface area is 123 Å². The van der Waals surface area contributed by atoms with E-state index in [1.54, 1.807) is 0 Å². The molecule has 20 heavy (non-hydrogen) atoms. The standard InChI is InChI=1S/C13H26BNO4S/c1-12(2)13(3,4)19-14(18-12)6-5-7-15-8-10-20(16,17)11-9-15/h5-11H2,1-4H3. The molecule has 116 valence electrons. The summed E-state index contributed by atoms with van der Waals surface area (Å²) in [6.45, 7) is 10.5. The van der Waals surface area contributed by atoms with Crippen LogP contribution in [0.1, 0.15) is 34.1 Å². The zero-order valence-corrected chi connectivity index (χ0v) is 13.8. The van der Waals surface area contributed by atoms with Crippen molar-refractivity contribution in [3.8, 4) is 0 Å². The molecular weight excluding hydrogens is 277 g/mol. The van der Waals surface area contributed by atoms with Crippen LogP contribution in [-0.2, 0) is 19.1 Å². The van der Waals surface area contributed by atoms with E-state index in [2.05, 4.69) is 32.6 Å². The summed E-state index contributed by atoms with van der Waals surface area (Å²) < 4.78 is 34.6. The predicted octanol–water partition coefficient (Wildman–Crippen LogP) is 1.20. The molecule has 0 aromatic rings. The summed E-state index contributed by atoms with van der Waals surface area (Å²) in [5.41, 5.74) is -0.534. The van der Waals surface area contributed by atoms with Crippen molar-refractivity contribution in [1.82, 2.24) is 4.90 Å². The fourth-order valence-corrected chi connectivity index (χ4v) is 3.82. The molecule has 0 bridgehead atoms. The van der Waals surface area contributed by atoms with E-state index in [0.29, 0.717) is 24.6 Å². The van der Waals surface area contributed by atoms with Gasteiger partial charge in [0.15, 0.2) is 9.84 Å². The lowest BCUT2D eigenvalue weighted by Gasteiger charge is -2.32. The van der Waals surface area contributed by atoms with E-state index in [1.165, 1.54) is 0 Å². The van der Waals surface area contributed by atoms with Gasteiger partial charge < -0.3 is 14.2 Å². The molecule has 0 radical (unpaired) electrons. The summed E-state index contributed by atoms with van der Waals surface area (Å²) in [6, 6.07) is 0. The van der Waals surface area contributed by atoms with Crippen molar-refractivity contribution in [2.75, 3.05) is 31.1 Å².